The fourth-order valence-electron chi connectivity index (χ4n) is 3.78. The van der Waals surface area contributed by atoms with E-state index < -0.39 is 18.8 Å². The molecular formula is C24H33F3N4O3. The molecule has 2 aromatic rings. The second-order valence-corrected chi connectivity index (χ2v) is 8.80. The molecule has 0 unspecified atom stereocenters. The molecule has 1 aliphatic rings. The lowest BCUT2D eigenvalue weighted by Crippen LogP contribution is -2.45. The lowest BCUT2D eigenvalue weighted by atomic mass is 9.92. The smallest absolute Gasteiger partial charge is 0.422 e. The molecule has 0 radical (unpaired) electrons. The summed E-state index contributed by atoms with van der Waals surface area (Å²) in [4.78, 5) is 8.27. The van der Waals surface area contributed by atoms with Crippen molar-refractivity contribution in [3.05, 3.63) is 41.5 Å². The van der Waals surface area contributed by atoms with Gasteiger partial charge in [0, 0.05) is 18.6 Å². The minimum atomic E-state index is -4.51. The van der Waals surface area contributed by atoms with Crippen LogP contribution < -0.4 is 24.8 Å². The number of hydrogen-bond acceptors (Lipinski definition) is 7. The first-order valence-corrected chi connectivity index (χ1v) is 11.6. The van der Waals surface area contributed by atoms with Crippen LogP contribution in [0.1, 0.15) is 57.7 Å². The summed E-state index contributed by atoms with van der Waals surface area (Å²) in [6, 6.07) is 10.00. The SMILES string of the molecule is CC(C)Oc1nc(OCC(F)(F)F)nc(OC(C)C)c1CN[C@H]1CCCN[C@H]1c1ccccc1. The van der Waals surface area contributed by atoms with Gasteiger partial charge in [0.15, 0.2) is 6.61 Å². The molecule has 0 saturated carbocycles. The predicted molar refractivity (Wildman–Crippen MR) is 122 cm³/mol. The van der Waals surface area contributed by atoms with Crippen LogP contribution in [-0.4, -0.2) is 47.5 Å². The van der Waals surface area contributed by atoms with Gasteiger partial charge in [0.2, 0.25) is 11.8 Å². The lowest BCUT2D eigenvalue weighted by molar-refractivity contribution is -0.154. The first-order valence-electron chi connectivity index (χ1n) is 11.6. The number of nitrogens with one attached hydrogen (secondary N) is 2. The average Bonchev–Trinajstić information content (AvgIpc) is 2.77. The molecule has 1 saturated heterocycles. The van der Waals surface area contributed by atoms with Crippen molar-refractivity contribution < 1.29 is 27.4 Å². The van der Waals surface area contributed by atoms with Gasteiger partial charge in [0.25, 0.3) is 0 Å². The van der Waals surface area contributed by atoms with E-state index in [1.54, 1.807) is 0 Å². The molecule has 2 heterocycles. The highest BCUT2D eigenvalue weighted by atomic mass is 19.4. The maximum Gasteiger partial charge on any atom is 0.422 e. The van der Waals surface area contributed by atoms with E-state index in [2.05, 4.69) is 32.7 Å². The second-order valence-electron chi connectivity index (χ2n) is 8.80. The third-order valence-electron chi connectivity index (χ3n) is 5.13. The summed E-state index contributed by atoms with van der Waals surface area (Å²) < 4.78 is 54.5. The maximum absolute atomic E-state index is 12.7. The number of ether oxygens (including phenoxy) is 3. The van der Waals surface area contributed by atoms with Crippen molar-refractivity contribution in [2.75, 3.05) is 13.2 Å². The number of aromatic nitrogens is 2. The first-order chi connectivity index (χ1) is 16.1. The fraction of sp³-hybridized carbons (Fsp3) is 0.583. The summed E-state index contributed by atoms with van der Waals surface area (Å²) >= 11 is 0. The molecule has 0 bridgehead atoms. The van der Waals surface area contributed by atoms with E-state index in [4.69, 9.17) is 14.2 Å². The summed E-state index contributed by atoms with van der Waals surface area (Å²) in [5.41, 5.74) is 1.73. The zero-order chi connectivity index (χ0) is 24.7. The first kappa shape index (κ1) is 26.0. The van der Waals surface area contributed by atoms with Gasteiger partial charge in [0.1, 0.15) is 0 Å². The minimum Gasteiger partial charge on any atom is -0.474 e. The highest BCUT2D eigenvalue weighted by Gasteiger charge is 2.31. The number of benzene rings is 1. The van der Waals surface area contributed by atoms with Crippen molar-refractivity contribution in [1.29, 1.82) is 0 Å². The average molecular weight is 483 g/mol. The van der Waals surface area contributed by atoms with Crippen LogP contribution in [0.2, 0.25) is 0 Å². The van der Waals surface area contributed by atoms with Gasteiger partial charge in [-0.2, -0.15) is 23.1 Å². The largest absolute Gasteiger partial charge is 0.474 e. The molecule has 7 nitrogen and oxygen atoms in total. The van der Waals surface area contributed by atoms with Crippen molar-refractivity contribution in [3.63, 3.8) is 0 Å². The molecule has 1 aliphatic heterocycles. The van der Waals surface area contributed by atoms with Gasteiger partial charge in [0.05, 0.1) is 17.8 Å². The number of piperidine rings is 1. The van der Waals surface area contributed by atoms with Crippen molar-refractivity contribution in [2.45, 2.75) is 77.5 Å². The van der Waals surface area contributed by atoms with E-state index in [9.17, 15) is 13.2 Å². The zero-order valence-corrected chi connectivity index (χ0v) is 20.0. The minimum absolute atomic E-state index is 0.120. The van der Waals surface area contributed by atoms with Crippen LogP contribution in [0.4, 0.5) is 13.2 Å². The Morgan fingerprint density at radius 3 is 2.21 bits per heavy atom. The van der Waals surface area contributed by atoms with Crippen LogP contribution >= 0.6 is 0 Å². The van der Waals surface area contributed by atoms with Crippen LogP contribution in [0.5, 0.6) is 17.8 Å². The Kier molecular flexibility index (Phi) is 8.96. The summed E-state index contributed by atoms with van der Waals surface area (Å²) in [6.07, 6.45) is -3.05. The van der Waals surface area contributed by atoms with Crippen molar-refractivity contribution >= 4 is 0 Å². The molecule has 34 heavy (non-hydrogen) atoms. The summed E-state index contributed by atoms with van der Waals surface area (Å²) in [5, 5.41) is 7.14. The van der Waals surface area contributed by atoms with Gasteiger partial charge < -0.3 is 24.8 Å². The number of halogens is 3. The highest BCUT2D eigenvalue weighted by Crippen LogP contribution is 2.31. The molecule has 1 aromatic heterocycles. The highest BCUT2D eigenvalue weighted by molar-refractivity contribution is 5.37. The number of hydrogen-bond donors (Lipinski definition) is 2. The van der Waals surface area contributed by atoms with Crippen LogP contribution in [-0.2, 0) is 6.54 Å². The Hall–Kier alpha value is -2.59. The quantitative estimate of drug-likeness (QED) is 0.514. The lowest BCUT2D eigenvalue weighted by Gasteiger charge is -2.34. The Labute approximate surface area is 198 Å². The van der Waals surface area contributed by atoms with E-state index in [1.807, 2.05) is 45.9 Å². The Balaban J connectivity index is 1.87. The molecule has 2 N–H and O–H groups in total. The predicted octanol–water partition coefficient (Wildman–Crippen LogP) is 4.58. The monoisotopic (exact) mass is 482 g/mol. The van der Waals surface area contributed by atoms with Crippen molar-refractivity contribution in [1.82, 2.24) is 20.6 Å². The molecule has 0 aliphatic carbocycles. The van der Waals surface area contributed by atoms with Gasteiger partial charge in [-0.3, -0.25) is 0 Å². The van der Waals surface area contributed by atoms with Gasteiger partial charge in [-0.15, -0.1) is 0 Å². The molecule has 3 rings (SSSR count). The summed E-state index contributed by atoms with van der Waals surface area (Å²) in [5.74, 6) is 0.288. The summed E-state index contributed by atoms with van der Waals surface area (Å²) in [7, 11) is 0. The molecule has 0 amide bonds. The second kappa shape index (κ2) is 11.7. The van der Waals surface area contributed by atoms with Crippen LogP contribution in [0.15, 0.2) is 30.3 Å². The van der Waals surface area contributed by atoms with Gasteiger partial charge in [-0.1, -0.05) is 30.3 Å². The van der Waals surface area contributed by atoms with E-state index in [0.717, 1.165) is 19.4 Å². The van der Waals surface area contributed by atoms with Crippen LogP contribution in [0.3, 0.4) is 0 Å². The number of alkyl halides is 3. The molecule has 1 fully saturated rings. The van der Waals surface area contributed by atoms with Crippen LogP contribution in [0, 0.1) is 0 Å². The van der Waals surface area contributed by atoms with Crippen molar-refractivity contribution in [3.8, 4) is 17.8 Å². The molecule has 10 heteroatoms. The topological polar surface area (TPSA) is 77.5 Å². The molecule has 1 aromatic carbocycles. The van der Waals surface area contributed by atoms with Gasteiger partial charge in [-0.25, -0.2) is 0 Å². The maximum atomic E-state index is 12.7. The standard InChI is InChI=1S/C24H33F3N4O3/c1-15(2)33-21-18(22(34-16(3)4)31-23(30-21)32-14-24(25,26)27)13-29-19-11-8-12-28-20(19)17-9-6-5-7-10-17/h5-7,9-10,15-16,19-20,28-29H,8,11-14H2,1-4H3/t19-,20-/m0/s1. The molecule has 188 valence electrons. The van der Waals surface area contributed by atoms with Crippen molar-refractivity contribution in [2.24, 2.45) is 0 Å². The normalized spacial score (nSPS) is 18.9. The van der Waals surface area contributed by atoms with Gasteiger partial charge >= 0.3 is 12.2 Å². The summed E-state index contributed by atoms with van der Waals surface area (Å²) in [6.45, 7) is 7.00. The van der Waals surface area contributed by atoms with Gasteiger partial charge in [-0.05, 0) is 52.6 Å². The van der Waals surface area contributed by atoms with Crippen LogP contribution in [0.25, 0.3) is 0 Å². The number of nitrogens with zero attached hydrogens (tertiary/aromatic N) is 2. The molecule has 0 spiro atoms. The number of rotatable bonds is 10. The van der Waals surface area contributed by atoms with E-state index in [1.165, 1.54) is 5.56 Å². The molecular weight excluding hydrogens is 449 g/mol. The van der Waals surface area contributed by atoms with E-state index in [0.29, 0.717) is 12.1 Å². The fourth-order valence-corrected chi connectivity index (χ4v) is 3.78. The van der Waals surface area contributed by atoms with E-state index >= 15 is 0 Å². The molecule has 2 atom stereocenters. The Morgan fingerprint density at radius 1 is 1.03 bits per heavy atom. The zero-order valence-electron chi connectivity index (χ0n) is 20.0. The third-order valence-corrected chi connectivity index (χ3v) is 5.13. The Morgan fingerprint density at radius 2 is 1.65 bits per heavy atom. The van der Waals surface area contributed by atoms with E-state index in [-0.39, 0.29) is 36.1 Å². The Bertz CT molecular complexity index is 879. The third kappa shape index (κ3) is 7.73.